The fourth-order valence-corrected chi connectivity index (χ4v) is 4.10. The van der Waals surface area contributed by atoms with E-state index in [1.807, 2.05) is 0 Å². The van der Waals surface area contributed by atoms with E-state index in [0.717, 1.165) is 16.7 Å². The number of hydrogen-bond donors (Lipinski definition) is 0. The van der Waals surface area contributed by atoms with Crippen molar-refractivity contribution in [2.45, 2.75) is 6.54 Å². The number of hydrogen-bond acceptors (Lipinski definition) is 6. The number of nitro groups is 1. The maximum absolute atomic E-state index is 12.7. The van der Waals surface area contributed by atoms with Crippen LogP contribution < -0.4 is 4.74 Å². The average molecular weight is 463 g/mol. The maximum Gasteiger partial charge on any atom is 0.293 e. The quantitative estimate of drug-likeness (QED) is 0.255. The van der Waals surface area contributed by atoms with Gasteiger partial charge in [0.05, 0.1) is 26.4 Å². The van der Waals surface area contributed by atoms with Crippen molar-refractivity contribution in [3.63, 3.8) is 0 Å². The predicted molar refractivity (Wildman–Crippen MR) is 115 cm³/mol. The van der Waals surface area contributed by atoms with Crippen molar-refractivity contribution >= 4 is 57.9 Å². The number of imide groups is 1. The fraction of sp³-hybridized carbons (Fsp3) is 0.100. The van der Waals surface area contributed by atoms with Crippen LogP contribution in [-0.2, 0) is 11.3 Å². The minimum absolute atomic E-state index is 0.00464. The van der Waals surface area contributed by atoms with Gasteiger partial charge in [-0.1, -0.05) is 41.3 Å². The molecular weight excluding hydrogens is 451 g/mol. The van der Waals surface area contributed by atoms with E-state index < -0.39 is 16.1 Å². The van der Waals surface area contributed by atoms with Gasteiger partial charge in [-0.3, -0.25) is 24.6 Å². The Kier molecular flexibility index (Phi) is 6.67. The van der Waals surface area contributed by atoms with Crippen molar-refractivity contribution in [1.29, 1.82) is 0 Å². The van der Waals surface area contributed by atoms with Gasteiger partial charge in [-0.25, -0.2) is 0 Å². The summed E-state index contributed by atoms with van der Waals surface area (Å²) in [6.45, 7) is -0.0839. The van der Waals surface area contributed by atoms with Crippen LogP contribution in [0, 0.1) is 22.5 Å². The van der Waals surface area contributed by atoms with E-state index in [2.05, 4.69) is 5.92 Å². The number of ether oxygens (including phenoxy) is 1. The van der Waals surface area contributed by atoms with Crippen LogP contribution in [0.5, 0.6) is 5.75 Å². The van der Waals surface area contributed by atoms with Gasteiger partial charge in [0, 0.05) is 12.1 Å². The van der Waals surface area contributed by atoms with Crippen molar-refractivity contribution in [2.24, 2.45) is 0 Å². The first kappa shape index (κ1) is 21.7. The number of carbonyl (C=O) groups is 2. The monoisotopic (exact) mass is 462 g/mol. The molecule has 0 aliphatic carbocycles. The molecule has 0 unspecified atom stereocenters. The highest BCUT2D eigenvalue weighted by molar-refractivity contribution is 8.18. The number of rotatable bonds is 6. The average Bonchev–Trinajstić information content (AvgIpc) is 2.95. The third-order valence-corrected chi connectivity index (χ3v) is 5.42. The fourth-order valence-electron chi connectivity index (χ4n) is 2.65. The topological polar surface area (TPSA) is 89.8 Å². The molecule has 7 nitrogen and oxygen atoms in total. The molecule has 2 aromatic carbocycles. The van der Waals surface area contributed by atoms with Crippen LogP contribution in [0.1, 0.15) is 11.1 Å². The summed E-state index contributed by atoms with van der Waals surface area (Å²) in [5, 5.41) is 10.8. The summed E-state index contributed by atoms with van der Waals surface area (Å²) < 4.78 is 5.29. The van der Waals surface area contributed by atoms with Gasteiger partial charge in [0.25, 0.3) is 16.8 Å². The summed E-state index contributed by atoms with van der Waals surface area (Å²) in [4.78, 5) is 36.6. The molecule has 1 fully saturated rings. The highest BCUT2D eigenvalue weighted by atomic mass is 35.5. The predicted octanol–water partition coefficient (Wildman–Crippen LogP) is 5.15. The second-order valence-electron chi connectivity index (χ2n) is 6.00. The Labute approximate surface area is 185 Å². The first-order valence-electron chi connectivity index (χ1n) is 8.34. The van der Waals surface area contributed by atoms with E-state index in [9.17, 15) is 19.7 Å². The SMILES string of the molecule is C#CCOc1c(Cl)cc(/C=C2\SC(=O)N(Cc3cccc([N+](=O)[O-])c3)C2=O)cc1Cl. The lowest BCUT2D eigenvalue weighted by Crippen LogP contribution is -2.27. The van der Waals surface area contributed by atoms with E-state index >= 15 is 0 Å². The largest absolute Gasteiger partial charge is 0.478 e. The van der Waals surface area contributed by atoms with Crippen LogP contribution in [0.2, 0.25) is 10.0 Å². The molecule has 0 atom stereocenters. The van der Waals surface area contributed by atoms with Crippen LogP contribution >= 0.6 is 35.0 Å². The number of halogens is 2. The minimum atomic E-state index is -0.540. The Bertz CT molecular complexity index is 1100. The summed E-state index contributed by atoms with van der Waals surface area (Å²) in [6, 6.07) is 8.83. The number of thioether (sulfide) groups is 1. The highest BCUT2D eigenvalue weighted by Crippen LogP contribution is 2.37. The van der Waals surface area contributed by atoms with Gasteiger partial charge in [-0.2, -0.15) is 0 Å². The van der Waals surface area contributed by atoms with Gasteiger partial charge in [0.15, 0.2) is 5.75 Å². The van der Waals surface area contributed by atoms with E-state index in [1.165, 1.54) is 36.4 Å². The molecule has 30 heavy (non-hydrogen) atoms. The Balaban J connectivity index is 1.82. The smallest absolute Gasteiger partial charge is 0.293 e. The van der Waals surface area contributed by atoms with Gasteiger partial charge < -0.3 is 4.74 Å². The highest BCUT2D eigenvalue weighted by Gasteiger charge is 2.35. The van der Waals surface area contributed by atoms with Gasteiger partial charge in [-0.05, 0) is 41.1 Å². The van der Waals surface area contributed by atoms with Gasteiger partial charge in [0.2, 0.25) is 0 Å². The summed E-state index contributed by atoms with van der Waals surface area (Å²) in [7, 11) is 0. The zero-order valence-electron chi connectivity index (χ0n) is 15.1. The number of benzene rings is 2. The molecule has 0 bridgehead atoms. The first-order chi connectivity index (χ1) is 14.3. The van der Waals surface area contributed by atoms with Crippen LogP contribution in [0.15, 0.2) is 41.3 Å². The van der Waals surface area contributed by atoms with Gasteiger partial charge in [0.1, 0.15) is 6.61 Å². The molecule has 1 aliphatic rings. The molecule has 1 saturated heterocycles. The second-order valence-corrected chi connectivity index (χ2v) is 7.81. The summed E-state index contributed by atoms with van der Waals surface area (Å²) in [5.74, 6) is 2.02. The lowest BCUT2D eigenvalue weighted by molar-refractivity contribution is -0.384. The van der Waals surface area contributed by atoms with E-state index in [0.29, 0.717) is 11.1 Å². The standard InChI is InChI=1S/C20H12Cl2N2O5S/c1-2-6-29-18-15(21)8-13(9-16(18)22)10-17-19(25)23(20(26)30-17)11-12-4-3-5-14(7-12)24(27)28/h1,3-5,7-10H,6,11H2/b17-10-. The molecule has 1 heterocycles. The van der Waals surface area contributed by atoms with Crippen LogP contribution in [-0.4, -0.2) is 27.6 Å². The molecule has 2 amide bonds. The molecule has 1 aliphatic heterocycles. The summed E-state index contributed by atoms with van der Waals surface area (Å²) in [5.41, 5.74) is 0.846. The van der Waals surface area contributed by atoms with Gasteiger partial charge in [-0.15, -0.1) is 6.42 Å². The van der Waals surface area contributed by atoms with E-state index in [4.69, 9.17) is 34.4 Å². The Morgan fingerprint density at radius 2 is 1.93 bits per heavy atom. The molecule has 0 aromatic heterocycles. The first-order valence-corrected chi connectivity index (χ1v) is 9.91. The third kappa shape index (κ3) is 4.76. The number of non-ortho nitro benzene ring substituents is 1. The molecule has 0 radical (unpaired) electrons. The van der Waals surface area contributed by atoms with Crippen molar-refractivity contribution in [3.05, 3.63) is 72.6 Å². The third-order valence-electron chi connectivity index (χ3n) is 3.95. The Hall–Kier alpha value is -2.99. The zero-order chi connectivity index (χ0) is 21.8. The second kappa shape index (κ2) is 9.22. The Morgan fingerprint density at radius 1 is 1.23 bits per heavy atom. The minimum Gasteiger partial charge on any atom is -0.478 e. The van der Waals surface area contributed by atoms with Crippen molar-refractivity contribution < 1.29 is 19.2 Å². The molecule has 2 aromatic rings. The molecule has 0 spiro atoms. The van der Waals surface area contributed by atoms with Crippen molar-refractivity contribution in [1.82, 2.24) is 4.90 Å². The molecule has 10 heteroatoms. The van der Waals surface area contributed by atoms with Gasteiger partial charge >= 0.3 is 0 Å². The van der Waals surface area contributed by atoms with E-state index in [1.54, 1.807) is 6.07 Å². The normalized spacial score (nSPS) is 14.8. The molecule has 0 N–H and O–H groups in total. The number of nitro benzene ring substituents is 1. The molecule has 3 rings (SSSR count). The molecular formula is C20H12Cl2N2O5S. The van der Waals surface area contributed by atoms with Crippen LogP contribution in [0.4, 0.5) is 10.5 Å². The van der Waals surface area contributed by atoms with E-state index in [-0.39, 0.29) is 39.5 Å². The van der Waals surface area contributed by atoms with Crippen molar-refractivity contribution in [2.75, 3.05) is 6.61 Å². The number of amides is 2. The lowest BCUT2D eigenvalue weighted by atomic mass is 10.1. The maximum atomic E-state index is 12.7. The Morgan fingerprint density at radius 3 is 2.57 bits per heavy atom. The number of nitrogens with zero attached hydrogens (tertiary/aromatic N) is 2. The number of terminal acetylenes is 1. The summed E-state index contributed by atoms with van der Waals surface area (Å²) in [6.07, 6.45) is 6.64. The zero-order valence-corrected chi connectivity index (χ0v) is 17.5. The summed E-state index contributed by atoms with van der Waals surface area (Å²) >= 11 is 13.1. The van der Waals surface area contributed by atoms with Crippen LogP contribution in [0.3, 0.4) is 0 Å². The number of carbonyl (C=O) groups excluding carboxylic acids is 2. The van der Waals surface area contributed by atoms with Crippen molar-refractivity contribution in [3.8, 4) is 18.1 Å². The lowest BCUT2D eigenvalue weighted by Gasteiger charge is -2.12. The molecule has 152 valence electrons. The molecule has 0 saturated carbocycles. The van der Waals surface area contributed by atoms with Crippen LogP contribution in [0.25, 0.3) is 6.08 Å².